The van der Waals surface area contributed by atoms with Crippen molar-refractivity contribution in [1.29, 1.82) is 0 Å². The molecule has 17 heavy (non-hydrogen) atoms. The van der Waals surface area contributed by atoms with Crippen LogP contribution in [0.15, 0.2) is 18.5 Å². The molecule has 0 saturated heterocycles. The Labute approximate surface area is 99.9 Å². The Morgan fingerprint density at radius 3 is 2.82 bits per heavy atom. The van der Waals surface area contributed by atoms with Crippen molar-refractivity contribution in [2.75, 3.05) is 0 Å². The van der Waals surface area contributed by atoms with Crippen molar-refractivity contribution in [2.45, 2.75) is 27.3 Å². The van der Waals surface area contributed by atoms with Crippen LogP contribution in [0, 0.1) is 12.8 Å². The number of hydrogen-bond donors (Lipinski definition) is 1. The number of nitrogens with zero attached hydrogens (tertiary/aromatic N) is 2. The largest absolute Gasteiger partial charge is 0.478 e. The highest BCUT2D eigenvalue weighted by molar-refractivity contribution is 6.02. The second kappa shape index (κ2) is 4.20. The first-order valence-electron chi connectivity index (χ1n) is 5.68. The number of aryl methyl sites for hydroxylation is 1. The monoisotopic (exact) mass is 232 g/mol. The number of aromatic carboxylic acids is 1. The SMILES string of the molecule is Cc1cnc2c(c1)c(C(=O)O)cn2CC(C)C. The van der Waals surface area contributed by atoms with Gasteiger partial charge in [-0.05, 0) is 24.5 Å². The molecule has 0 aliphatic rings. The molecule has 0 saturated carbocycles. The summed E-state index contributed by atoms with van der Waals surface area (Å²) in [6.45, 7) is 6.89. The Morgan fingerprint density at radius 1 is 1.53 bits per heavy atom. The van der Waals surface area contributed by atoms with Gasteiger partial charge in [0.2, 0.25) is 0 Å². The number of carbonyl (C=O) groups is 1. The van der Waals surface area contributed by atoms with Gasteiger partial charge in [0.15, 0.2) is 0 Å². The van der Waals surface area contributed by atoms with Crippen molar-refractivity contribution < 1.29 is 9.90 Å². The molecule has 0 atom stereocenters. The first-order valence-corrected chi connectivity index (χ1v) is 5.68. The third kappa shape index (κ3) is 2.16. The molecule has 1 N–H and O–H groups in total. The zero-order chi connectivity index (χ0) is 12.6. The normalized spacial score (nSPS) is 11.3. The second-order valence-corrected chi connectivity index (χ2v) is 4.78. The number of fused-ring (bicyclic) bond motifs is 1. The highest BCUT2D eigenvalue weighted by atomic mass is 16.4. The number of carboxylic acids is 1. The molecule has 0 aromatic carbocycles. The van der Waals surface area contributed by atoms with E-state index in [9.17, 15) is 9.90 Å². The molecule has 0 unspecified atom stereocenters. The van der Waals surface area contributed by atoms with Gasteiger partial charge in [0, 0.05) is 24.3 Å². The molecule has 0 spiro atoms. The molecule has 4 nitrogen and oxygen atoms in total. The summed E-state index contributed by atoms with van der Waals surface area (Å²) in [6, 6.07) is 1.88. The molecular weight excluding hydrogens is 216 g/mol. The Kier molecular flexibility index (Phi) is 2.88. The molecule has 90 valence electrons. The number of rotatable bonds is 3. The van der Waals surface area contributed by atoms with E-state index in [1.54, 1.807) is 12.4 Å². The van der Waals surface area contributed by atoms with Crippen LogP contribution in [-0.2, 0) is 6.54 Å². The molecule has 0 radical (unpaired) electrons. The predicted octanol–water partition coefficient (Wildman–Crippen LogP) is 2.70. The predicted molar refractivity (Wildman–Crippen MR) is 66.3 cm³/mol. The number of hydrogen-bond acceptors (Lipinski definition) is 2. The summed E-state index contributed by atoms with van der Waals surface area (Å²) >= 11 is 0. The molecular formula is C13H16N2O2. The summed E-state index contributed by atoms with van der Waals surface area (Å²) < 4.78 is 1.92. The lowest BCUT2D eigenvalue weighted by atomic mass is 10.2. The summed E-state index contributed by atoms with van der Waals surface area (Å²) in [5.74, 6) is -0.444. The zero-order valence-corrected chi connectivity index (χ0v) is 10.3. The molecule has 0 aliphatic carbocycles. The number of aromatic nitrogens is 2. The van der Waals surface area contributed by atoms with Gasteiger partial charge >= 0.3 is 5.97 Å². The maximum Gasteiger partial charge on any atom is 0.337 e. The highest BCUT2D eigenvalue weighted by Crippen LogP contribution is 2.21. The molecule has 0 bridgehead atoms. The van der Waals surface area contributed by atoms with Crippen LogP contribution in [0.1, 0.15) is 29.8 Å². The van der Waals surface area contributed by atoms with Gasteiger partial charge in [-0.3, -0.25) is 0 Å². The van der Waals surface area contributed by atoms with E-state index < -0.39 is 5.97 Å². The van der Waals surface area contributed by atoms with Crippen LogP contribution in [-0.4, -0.2) is 20.6 Å². The maximum absolute atomic E-state index is 11.2. The maximum atomic E-state index is 11.2. The fraction of sp³-hybridized carbons (Fsp3) is 0.385. The first-order chi connectivity index (χ1) is 7.99. The molecule has 4 heteroatoms. The van der Waals surface area contributed by atoms with Gasteiger partial charge < -0.3 is 9.67 Å². The van der Waals surface area contributed by atoms with Crippen LogP contribution in [0.4, 0.5) is 0 Å². The lowest BCUT2D eigenvalue weighted by molar-refractivity contribution is 0.0698. The summed E-state index contributed by atoms with van der Waals surface area (Å²) in [7, 11) is 0. The Hall–Kier alpha value is -1.84. The van der Waals surface area contributed by atoms with Crippen molar-refractivity contribution in [1.82, 2.24) is 9.55 Å². The number of pyridine rings is 1. The zero-order valence-electron chi connectivity index (χ0n) is 10.3. The van der Waals surface area contributed by atoms with Crippen LogP contribution in [0.25, 0.3) is 11.0 Å². The lowest BCUT2D eigenvalue weighted by Gasteiger charge is -2.07. The van der Waals surface area contributed by atoms with Crippen LogP contribution in [0.5, 0.6) is 0 Å². The molecule has 0 amide bonds. The highest BCUT2D eigenvalue weighted by Gasteiger charge is 2.15. The van der Waals surface area contributed by atoms with E-state index in [1.165, 1.54) is 0 Å². The summed E-state index contributed by atoms with van der Waals surface area (Å²) in [6.07, 6.45) is 3.45. The third-order valence-electron chi connectivity index (χ3n) is 2.64. The molecule has 0 fully saturated rings. The van der Waals surface area contributed by atoms with E-state index in [1.807, 2.05) is 17.6 Å². The smallest absolute Gasteiger partial charge is 0.337 e. The van der Waals surface area contributed by atoms with E-state index in [4.69, 9.17) is 0 Å². The Balaban J connectivity index is 2.66. The Bertz CT molecular complexity index is 570. The van der Waals surface area contributed by atoms with Crippen LogP contribution >= 0.6 is 0 Å². The van der Waals surface area contributed by atoms with Crippen molar-refractivity contribution in [2.24, 2.45) is 5.92 Å². The van der Waals surface area contributed by atoms with E-state index in [0.717, 1.165) is 23.1 Å². The lowest BCUT2D eigenvalue weighted by Crippen LogP contribution is -2.03. The second-order valence-electron chi connectivity index (χ2n) is 4.78. The third-order valence-corrected chi connectivity index (χ3v) is 2.64. The van der Waals surface area contributed by atoms with Crippen molar-refractivity contribution in [3.63, 3.8) is 0 Å². The fourth-order valence-corrected chi connectivity index (χ4v) is 1.98. The van der Waals surface area contributed by atoms with Crippen LogP contribution in [0.2, 0.25) is 0 Å². The van der Waals surface area contributed by atoms with Gasteiger partial charge in [-0.1, -0.05) is 13.8 Å². The molecule has 2 aromatic rings. The van der Waals surface area contributed by atoms with Gasteiger partial charge in [-0.15, -0.1) is 0 Å². The molecule has 2 aromatic heterocycles. The summed E-state index contributed by atoms with van der Waals surface area (Å²) in [5.41, 5.74) is 2.06. The van der Waals surface area contributed by atoms with Gasteiger partial charge in [-0.2, -0.15) is 0 Å². The van der Waals surface area contributed by atoms with Crippen LogP contribution in [0.3, 0.4) is 0 Å². The standard InChI is InChI=1S/C13H16N2O2/c1-8(2)6-15-7-11(13(16)17)10-4-9(3)5-14-12(10)15/h4-5,7-8H,6H2,1-3H3,(H,16,17). The van der Waals surface area contributed by atoms with Gasteiger partial charge in [0.1, 0.15) is 5.65 Å². The number of carboxylic acid groups (broad SMARTS) is 1. The Morgan fingerprint density at radius 2 is 2.24 bits per heavy atom. The van der Waals surface area contributed by atoms with E-state index >= 15 is 0 Å². The van der Waals surface area contributed by atoms with Crippen molar-refractivity contribution in [3.05, 3.63) is 29.6 Å². The minimum absolute atomic E-state index is 0.330. The average molecular weight is 232 g/mol. The molecule has 2 rings (SSSR count). The topological polar surface area (TPSA) is 55.1 Å². The first kappa shape index (κ1) is 11.6. The van der Waals surface area contributed by atoms with Crippen LogP contribution < -0.4 is 0 Å². The minimum Gasteiger partial charge on any atom is -0.478 e. The summed E-state index contributed by atoms with van der Waals surface area (Å²) in [4.78, 5) is 15.5. The van der Waals surface area contributed by atoms with Gasteiger partial charge in [-0.25, -0.2) is 9.78 Å². The summed E-state index contributed by atoms with van der Waals surface area (Å²) in [5, 5.41) is 9.90. The van der Waals surface area contributed by atoms with Gasteiger partial charge in [0.25, 0.3) is 0 Å². The quantitative estimate of drug-likeness (QED) is 0.885. The molecule has 0 aliphatic heterocycles. The van der Waals surface area contributed by atoms with E-state index in [2.05, 4.69) is 18.8 Å². The van der Waals surface area contributed by atoms with E-state index in [-0.39, 0.29) is 0 Å². The fourth-order valence-electron chi connectivity index (χ4n) is 1.98. The average Bonchev–Trinajstić information content (AvgIpc) is 2.55. The van der Waals surface area contributed by atoms with Crippen molar-refractivity contribution in [3.8, 4) is 0 Å². The minimum atomic E-state index is -0.898. The van der Waals surface area contributed by atoms with Gasteiger partial charge in [0.05, 0.1) is 5.56 Å². The van der Waals surface area contributed by atoms with Crippen molar-refractivity contribution >= 4 is 17.0 Å². The van der Waals surface area contributed by atoms with E-state index in [0.29, 0.717) is 11.5 Å². The molecule has 2 heterocycles.